The number of para-hydroxylation sites is 3. The van der Waals surface area contributed by atoms with Gasteiger partial charge in [-0.3, -0.25) is 0 Å². The van der Waals surface area contributed by atoms with Crippen LogP contribution in [-0.4, -0.2) is 16.1 Å². The van der Waals surface area contributed by atoms with Crippen LogP contribution in [0.15, 0.2) is 207 Å². The standard InChI is InChI=1S/C57H37N3O2/c1-34-28-29-47(58-57(41-22-12-17-35-14-4-5-18-38(35)41)59-56(34)43-23-13-27-53-55(43)42-21-8-11-26-52(42)61-53)46-32-45-40-20-7-10-25-51(40)62-54(45)33-50(46)60-48-24-9-6-19-39(48)44-30-36-15-2-3-16-37(36)31-49(44)60/h2-27,29-34H,28H2,1H3/b47-29+,58-57-,59-56+. The van der Waals surface area contributed by atoms with Crippen molar-refractivity contribution in [2.24, 2.45) is 15.9 Å². The van der Waals surface area contributed by atoms with E-state index < -0.39 is 0 Å². The molecule has 62 heavy (non-hydrogen) atoms. The molecule has 1 aliphatic rings. The summed E-state index contributed by atoms with van der Waals surface area (Å²) in [6, 6.07) is 64.4. The second-order valence-corrected chi connectivity index (χ2v) is 16.5. The molecule has 1 unspecified atom stereocenters. The molecule has 4 heterocycles. The van der Waals surface area contributed by atoms with Crippen molar-refractivity contribution < 1.29 is 8.83 Å². The maximum absolute atomic E-state index is 6.65. The van der Waals surface area contributed by atoms with Crippen molar-refractivity contribution in [2.45, 2.75) is 13.3 Å². The van der Waals surface area contributed by atoms with E-state index in [0.29, 0.717) is 12.3 Å². The molecule has 1 atom stereocenters. The Bertz CT molecular complexity index is 3920. The zero-order chi connectivity index (χ0) is 40.9. The Morgan fingerprint density at radius 1 is 0.452 bits per heavy atom. The molecule has 0 saturated heterocycles. The number of aliphatic imine (C=N–C) groups is 2. The highest BCUT2D eigenvalue weighted by molar-refractivity contribution is 6.24. The highest BCUT2D eigenvalue weighted by Crippen LogP contribution is 2.42. The van der Waals surface area contributed by atoms with E-state index in [0.717, 1.165) is 99.5 Å². The Kier molecular flexibility index (Phi) is 7.58. The van der Waals surface area contributed by atoms with E-state index >= 15 is 0 Å². The number of allylic oxidation sites excluding steroid dienone is 1. The molecular formula is C57H37N3O2. The highest BCUT2D eigenvalue weighted by atomic mass is 16.3. The molecule has 0 N–H and O–H groups in total. The third-order valence-electron chi connectivity index (χ3n) is 12.8. The molecule has 292 valence electrons. The summed E-state index contributed by atoms with van der Waals surface area (Å²) in [6.07, 6.45) is 3.04. The zero-order valence-corrected chi connectivity index (χ0v) is 33.8. The van der Waals surface area contributed by atoms with Gasteiger partial charge < -0.3 is 13.4 Å². The number of amidine groups is 1. The van der Waals surface area contributed by atoms with E-state index in [1.165, 1.54) is 21.5 Å². The van der Waals surface area contributed by atoms with E-state index in [4.69, 9.17) is 18.8 Å². The van der Waals surface area contributed by atoms with Crippen LogP contribution in [0.25, 0.3) is 98.6 Å². The van der Waals surface area contributed by atoms with E-state index in [1.807, 2.05) is 18.2 Å². The zero-order valence-electron chi connectivity index (χ0n) is 33.8. The lowest BCUT2D eigenvalue weighted by Crippen LogP contribution is -2.17. The Morgan fingerprint density at radius 2 is 1.08 bits per heavy atom. The summed E-state index contributed by atoms with van der Waals surface area (Å²) in [5.74, 6) is 0.696. The second kappa shape index (κ2) is 13.5. The summed E-state index contributed by atoms with van der Waals surface area (Å²) in [4.78, 5) is 11.4. The Hall–Kier alpha value is -8.02. The lowest BCUT2D eigenvalue weighted by Gasteiger charge is -2.21. The van der Waals surface area contributed by atoms with Crippen LogP contribution in [0.3, 0.4) is 0 Å². The molecule has 5 heteroatoms. The third kappa shape index (κ3) is 5.28. The first-order valence-electron chi connectivity index (χ1n) is 21.3. The first-order valence-corrected chi connectivity index (χ1v) is 21.3. The maximum Gasteiger partial charge on any atom is 0.160 e. The second-order valence-electron chi connectivity index (χ2n) is 16.5. The van der Waals surface area contributed by atoms with Gasteiger partial charge in [-0.05, 0) is 70.4 Å². The molecule has 0 bridgehead atoms. The smallest absolute Gasteiger partial charge is 0.160 e. The SMILES string of the molecule is CC1C/C=C(c2cc3c(cc2-n2c4ccccc4c4cc5ccccc5cc42)oc2ccccc23)/N=C(c2cccc3ccccc23)\N=C/1c1cccc2oc3ccccc3c12. The van der Waals surface area contributed by atoms with Crippen LogP contribution in [0.5, 0.6) is 0 Å². The number of furan rings is 2. The van der Waals surface area contributed by atoms with Crippen LogP contribution in [0.2, 0.25) is 0 Å². The van der Waals surface area contributed by atoms with Gasteiger partial charge in [0.05, 0.1) is 28.1 Å². The summed E-state index contributed by atoms with van der Waals surface area (Å²) < 4.78 is 15.5. The van der Waals surface area contributed by atoms with Gasteiger partial charge in [-0.25, -0.2) is 9.98 Å². The largest absolute Gasteiger partial charge is 0.456 e. The molecule has 0 spiro atoms. The van der Waals surface area contributed by atoms with Crippen molar-refractivity contribution in [3.63, 3.8) is 0 Å². The molecule has 0 aliphatic carbocycles. The maximum atomic E-state index is 6.65. The fourth-order valence-corrected chi connectivity index (χ4v) is 9.90. The van der Waals surface area contributed by atoms with Crippen molar-refractivity contribution in [3.8, 4) is 5.69 Å². The van der Waals surface area contributed by atoms with Crippen LogP contribution >= 0.6 is 0 Å². The van der Waals surface area contributed by atoms with Gasteiger partial charge in [-0.2, -0.15) is 0 Å². The number of aromatic nitrogens is 1. The summed E-state index contributed by atoms with van der Waals surface area (Å²) >= 11 is 0. The van der Waals surface area contributed by atoms with Gasteiger partial charge in [0.1, 0.15) is 22.3 Å². The average molecular weight is 796 g/mol. The van der Waals surface area contributed by atoms with Gasteiger partial charge in [0.25, 0.3) is 0 Å². The first-order chi connectivity index (χ1) is 30.6. The minimum absolute atomic E-state index is 0.0336. The van der Waals surface area contributed by atoms with Crippen molar-refractivity contribution in [3.05, 3.63) is 205 Å². The normalized spacial score (nSPS) is 17.4. The topological polar surface area (TPSA) is 55.9 Å². The van der Waals surface area contributed by atoms with E-state index in [-0.39, 0.29) is 5.92 Å². The fraction of sp³-hybridized carbons (Fsp3) is 0.0526. The highest BCUT2D eigenvalue weighted by Gasteiger charge is 2.26. The van der Waals surface area contributed by atoms with Gasteiger partial charge in [0.2, 0.25) is 0 Å². The molecule has 0 amide bonds. The molecule has 3 aromatic heterocycles. The molecule has 0 saturated carbocycles. The lowest BCUT2D eigenvalue weighted by atomic mass is 9.90. The molecule has 13 rings (SSSR count). The lowest BCUT2D eigenvalue weighted by molar-refractivity contribution is 0.668. The molecular weight excluding hydrogens is 759 g/mol. The number of fused-ring (bicyclic) bond motifs is 11. The molecule has 9 aromatic carbocycles. The van der Waals surface area contributed by atoms with Crippen LogP contribution in [0.1, 0.15) is 30.0 Å². The number of hydrogen-bond donors (Lipinski definition) is 0. The van der Waals surface area contributed by atoms with E-state index in [9.17, 15) is 0 Å². The molecule has 12 aromatic rings. The molecule has 1 aliphatic heterocycles. The number of benzene rings is 9. The van der Waals surface area contributed by atoms with E-state index in [1.54, 1.807) is 0 Å². The van der Waals surface area contributed by atoms with Gasteiger partial charge in [0, 0.05) is 61.0 Å². The third-order valence-corrected chi connectivity index (χ3v) is 12.8. The quantitative estimate of drug-likeness (QED) is 0.178. The van der Waals surface area contributed by atoms with Crippen LogP contribution in [-0.2, 0) is 0 Å². The number of hydrogen-bond acceptors (Lipinski definition) is 4. The molecule has 5 nitrogen and oxygen atoms in total. The summed E-state index contributed by atoms with van der Waals surface area (Å²) in [6.45, 7) is 2.28. The summed E-state index contributed by atoms with van der Waals surface area (Å²) in [5.41, 5.74) is 11.5. The van der Waals surface area contributed by atoms with Crippen molar-refractivity contribution in [1.82, 2.24) is 4.57 Å². The minimum Gasteiger partial charge on any atom is -0.456 e. The van der Waals surface area contributed by atoms with Crippen molar-refractivity contribution in [1.29, 1.82) is 0 Å². The molecule has 0 fully saturated rings. The minimum atomic E-state index is 0.0336. The Morgan fingerprint density at radius 3 is 1.94 bits per heavy atom. The van der Waals surface area contributed by atoms with Crippen LogP contribution in [0, 0.1) is 5.92 Å². The van der Waals surface area contributed by atoms with Crippen molar-refractivity contribution >= 4 is 104 Å². The Balaban J connectivity index is 1.13. The van der Waals surface area contributed by atoms with Gasteiger partial charge in [-0.1, -0.05) is 146 Å². The predicted molar refractivity (Wildman–Crippen MR) is 258 cm³/mol. The molecule has 0 radical (unpaired) electrons. The predicted octanol–water partition coefficient (Wildman–Crippen LogP) is 15.2. The van der Waals surface area contributed by atoms with Gasteiger partial charge in [0.15, 0.2) is 5.84 Å². The average Bonchev–Trinajstić information content (AvgIpc) is 3.98. The Labute approximate surface area is 356 Å². The number of nitrogens with zero attached hydrogens (tertiary/aromatic N) is 3. The monoisotopic (exact) mass is 795 g/mol. The van der Waals surface area contributed by atoms with Gasteiger partial charge in [-0.15, -0.1) is 0 Å². The van der Waals surface area contributed by atoms with Gasteiger partial charge >= 0.3 is 0 Å². The first kappa shape index (κ1) is 34.8. The fourth-order valence-electron chi connectivity index (χ4n) is 9.90. The summed E-state index contributed by atoms with van der Waals surface area (Å²) in [7, 11) is 0. The van der Waals surface area contributed by atoms with Crippen LogP contribution < -0.4 is 0 Å². The van der Waals surface area contributed by atoms with Crippen molar-refractivity contribution in [2.75, 3.05) is 0 Å². The van der Waals surface area contributed by atoms with Crippen LogP contribution in [0.4, 0.5) is 0 Å². The summed E-state index contributed by atoms with van der Waals surface area (Å²) in [5, 5.41) is 11.3. The van der Waals surface area contributed by atoms with E-state index in [2.05, 4.69) is 181 Å². The number of rotatable bonds is 4.